The van der Waals surface area contributed by atoms with Crippen molar-refractivity contribution < 1.29 is 14.1 Å². The molecule has 0 bridgehead atoms. The zero-order chi connectivity index (χ0) is 18.1. The van der Waals surface area contributed by atoms with Gasteiger partial charge in [0.15, 0.2) is 11.5 Å². The van der Waals surface area contributed by atoms with Gasteiger partial charge in [0.1, 0.15) is 11.8 Å². The minimum atomic E-state index is -0.569. The first-order valence-electron chi connectivity index (χ1n) is 7.94. The van der Waals surface area contributed by atoms with E-state index in [9.17, 15) is 14.9 Å². The number of hydrogen-bond donors (Lipinski definition) is 0. The second-order valence-corrected chi connectivity index (χ2v) is 7.51. The molecule has 1 aromatic rings. The second-order valence-electron chi connectivity index (χ2n) is 7.51. The van der Waals surface area contributed by atoms with Crippen LogP contribution in [0.25, 0.3) is 0 Å². The number of nitrogens with zero attached hydrogens (tertiary/aromatic N) is 3. The molecule has 1 amide bonds. The Morgan fingerprint density at radius 3 is 2.67 bits per heavy atom. The molecular weight excluding hydrogens is 306 g/mol. The van der Waals surface area contributed by atoms with E-state index >= 15 is 0 Å². The normalized spacial score (nSPS) is 22.7. The number of hydrogen-bond acceptors (Lipinski definition) is 5. The highest BCUT2D eigenvalue weighted by molar-refractivity contribution is 6.03. The van der Waals surface area contributed by atoms with Crippen molar-refractivity contribution >= 4 is 11.7 Å². The Hall–Kier alpha value is -2.42. The molecule has 0 aliphatic heterocycles. The molecule has 6 heteroatoms. The zero-order valence-corrected chi connectivity index (χ0v) is 14.8. The van der Waals surface area contributed by atoms with Crippen LogP contribution in [0, 0.1) is 29.1 Å². The fraction of sp³-hybridized carbons (Fsp3) is 0.556. The van der Waals surface area contributed by atoms with E-state index in [-0.39, 0.29) is 28.4 Å². The Kier molecular flexibility index (Phi) is 4.66. The van der Waals surface area contributed by atoms with Crippen LogP contribution in [0.3, 0.4) is 0 Å². The van der Waals surface area contributed by atoms with Crippen LogP contribution in [0.1, 0.15) is 49.9 Å². The van der Waals surface area contributed by atoms with Gasteiger partial charge in [-0.1, -0.05) is 32.0 Å². The van der Waals surface area contributed by atoms with Crippen molar-refractivity contribution in [2.24, 2.45) is 10.8 Å². The number of amides is 1. The van der Waals surface area contributed by atoms with Crippen LogP contribution in [-0.4, -0.2) is 35.3 Å². The maximum absolute atomic E-state index is 12.3. The lowest BCUT2D eigenvalue weighted by atomic mass is 9.64. The first-order valence-corrected chi connectivity index (χ1v) is 7.94. The van der Waals surface area contributed by atoms with E-state index in [0.29, 0.717) is 25.1 Å². The minimum Gasteiger partial charge on any atom is -0.361 e. The van der Waals surface area contributed by atoms with E-state index in [4.69, 9.17) is 4.52 Å². The van der Waals surface area contributed by atoms with Crippen molar-refractivity contribution in [3.05, 3.63) is 29.2 Å². The zero-order valence-electron chi connectivity index (χ0n) is 14.8. The van der Waals surface area contributed by atoms with E-state index in [1.54, 1.807) is 31.0 Å². The predicted octanol–water partition coefficient (Wildman–Crippen LogP) is 2.90. The van der Waals surface area contributed by atoms with Gasteiger partial charge in [-0.3, -0.25) is 9.59 Å². The van der Waals surface area contributed by atoms with Crippen molar-refractivity contribution in [1.29, 1.82) is 5.26 Å². The molecule has 1 aromatic heterocycles. The van der Waals surface area contributed by atoms with E-state index in [0.717, 1.165) is 0 Å². The summed E-state index contributed by atoms with van der Waals surface area (Å²) in [4.78, 5) is 26.1. The quantitative estimate of drug-likeness (QED) is 0.847. The average Bonchev–Trinajstić information content (AvgIpc) is 2.94. The molecule has 0 aromatic carbocycles. The molecule has 128 valence electrons. The first-order chi connectivity index (χ1) is 11.1. The molecule has 1 aliphatic rings. The third-order valence-corrected chi connectivity index (χ3v) is 4.53. The highest BCUT2D eigenvalue weighted by Gasteiger charge is 2.42. The third-order valence-electron chi connectivity index (χ3n) is 4.53. The maximum Gasteiger partial charge on any atom is 0.275 e. The smallest absolute Gasteiger partial charge is 0.275 e. The van der Waals surface area contributed by atoms with Crippen LogP contribution in [0.2, 0.25) is 0 Å². The van der Waals surface area contributed by atoms with Crippen molar-refractivity contribution in [3.8, 4) is 6.07 Å². The van der Waals surface area contributed by atoms with Crippen LogP contribution >= 0.6 is 0 Å². The van der Waals surface area contributed by atoms with Gasteiger partial charge in [0, 0.05) is 25.1 Å². The number of carbonyl (C=O) groups is 2. The molecular formula is C18H23N3O3. The van der Waals surface area contributed by atoms with Gasteiger partial charge in [0.05, 0.1) is 5.57 Å². The van der Waals surface area contributed by atoms with Crippen LogP contribution in [0.15, 0.2) is 22.2 Å². The largest absolute Gasteiger partial charge is 0.361 e. The standard InChI is InChI=1S/C18H23N3O3/c1-12-8-14(20-24-12)16(23)21(5)7-6-18(4)9-13(10-19)15(22)17(2,3)11-18/h8-9H,6-7,11H2,1-5H3/t18-/m1/s1. The Labute approximate surface area is 142 Å². The third kappa shape index (κ3) is 3.56. The first kappa shape index (κ1) is 17.9. The van der Waals surface area contributed by atoms with Crippen LogP contribution < -0.4 is 0 Å². The topological polar surface area (TPSA) is 87.2 Å². The molecule has 0 unspecified atom stereocenters. The molecule has 0 saturated heterocycles. The second kappa shape index (κ2) is 6.23. The summed E-state index contributed by atoms with van der Waals surface area (Å²) in [5, 5.41) is 13.0. The molecule has 6 nitrogen and oxygen atoms in total. The summed E-state index contributed by atoms with van der Waals surface area (Å²) in [6, 6.07) is 3.62. The van der Waals surface area contributed by atoms with E-state index < -0.39 is 5.41 Å². The van der Waals surface area contributed by atoms with Gasteiger partial charge in [-0.2, -0.15) is 5.26 Å². The summed E-state index contributed by atoms with van der Waals surface area (Å²) in [6.07, 6.45) is 3.07. The highest BCUT2D eigenvalue weighted by Crippen LogP contribution is 2.44. The van der Waals surface area contributed by atoms with Gasteiger partial charge in [0.25, 0.3) is 5.91 Å². The number of Topliss-reactive ketones (excluding diaryl/α,β-unsaturated/α-hetero) is 1. The number of nitriles is 1. The number of ketones is 1. The lowest BCUT2D eigenvalue weighted by molar-refractivity contribution is -0.125. The molecule has 2 rings (SSSR count). The fourth-order valence-corrected chi connectivity index (χ4v) is 3.35. The molecule has 0 spiro atoms. The van der Waals surface area contributed by atoms with E-state index in [1.807, 2.05) is 26.8 Å². The van der Waals surface area contributed by atoms with Crippen molar-refractivity contribution in [2.45, 2.75) is 40.5 Å². The van der Waals surface area contributed by atoms with E-state index in [2.05, 4.69) is 5.16 Å². The van der Waals surface area contributed by atoms with Crippen LogP contribution in [-0.2, 0) is 4.79 Å². The van der Waals surface area contributed by atoms with Gasteiger partial charge >= 0.3 is 0 Å². The van der Waals surface area contributed by atoms with Gasteiger partial charge < -0.3 is 9.42 Å². The van der Waals surface area contributed by atoms with Gasteiger partial charge in [0.2, 0.25) is 0 Å². The van der Waals surface area contributed by atoms with Crippen molar-refractivity contribution in [1.82, 2.24) is 10.1 Å². The fourth-order valence-electron chi connectivity index (χ4n) is 3.35. The molecule has 1 atom stereocenters. The summed E-state index contributed by atoms with van der Waals surface area (Å²) in [6.45, 7) is 7.99. The molecule has 0 radical (unpaired) electrons. The van der Waals surface area contributed by atoms with Gasteiger partial charge in [-0.25, -0.2) is 0 Å². The SMILES string of the molecule is Cc1cc(C(=O)N(C)CC[C@]2(C)C=C(C#N)C(=O)C(C)(C)C2)no1. The van der Waals surface area contributed by atoms with Crippen LogP contribution in [0.4, 0.5) is 0 Å². The molecule has 0 fully saturated rings. The molecule has 0 N–H and O–H groups in total. The summed E-state index contributed by atoms with van der Waals surface area (Å²) < 4.78 is 4.94. The minimum absolute atomic E-state index is 0.107. The Bertz CT molecular complexity index is 739. The lowest BCUT2D eigenvalue weighted by Crippen LogP contribution is -2.39. The number of carbonyl (C=O) groups excluding carboxylic acids is 2. The number of allylic oxidation sites excluding steroid dienone is 2. The highest BCUT2D eigenvalue weighted by atomic mass is 16.5. The monoisotopic (exact) mass is 329 g/mol. The Morgan fingerprint density at radius 2 is 2.12 bits per heavy atom. The number of aromatic nitrogens is 1. The molecule has 0 saturated carbocycles. The van der Waals surface area contributed by atoms with Gasteiger partial charge in [-0.15, -0.1) is 0 Å². The number of aryl methyl sites for hydroxylation is 1. The lowest BCUT2D eigenvalue weighted by Gasteiger charge is -2.39. The molecule has 1 heterocycles. The number of rotatable bonds is 4. The average molecular weight is 329 g/mol. The predicted molar refractivity (Wildman–Crippen MR) is 88.0 cm³/mol. The Morgan fingerprint density at radius 1 is 1.46 bits per heavy atom. The summed E-state index contributed by atoms with van der Waals surface area (Å²) in [5.74, 6) is 0.281. The van der Waals surface area contributed by atoms with Crippen molar-refractivity contribution in [2.75, 3.05) is 13.6 Å². The molecule has 1 aliphatic carbocycles. The summed E-state index contributed by atoms with van der Waals surface area (Å²) in [5.41, 5.74) is -0.376. The van der Waals surface area contributed by atoms with Gasteiger partial charge in [-0.05, 0) is 25.2 Å². The van der Waals surface area contributed by atoms with E-state index in [1.165, 1.54) is 0 Å². The Balaban J connectivity index is 2.10. The summed E-state index contributed by atoms with van der Waals surface area (Å²) >= 11 is 0. The molecule has 24 heavy (non-hydrogen) atoms. The van der Waals surface area contributed by atoms with Crippen LogP contribution in [0.5, 0.6) is 0 Å². The van der Waals surface area contributed by atoms with Crippen molar-refractivity contribution in [3.63, 3.8) is 0 Å². The maximum atomic E-state index is 12.3. The summed E-state index contributed by atoms with van der Waals surface area (Å²) in [7, 11) is 1.71.